The molecule has 0 spiro atoms. The molecule has 0 aliphatic heterocycles. The van der Waals surface area contributed by atoms with E-state index in [4.69, 9.17) is 4.55 Å². The van der Waals surface area contributed by atoms with Gasteiger partial charge in [-0.3, -0.25) is 9.23 Å². The fourth-order valence-corrected chi connectivity index (χ4v) is 4.14. The minimum Gasteiger partial charge on any atom is -0.392 e. The van der Waals surface area contributed by atoms with Crippen LogP contribution in [-0.4, -0.2) is 37.2 Å². The first-order valence-corrected chi connectivity index (χ1v) is 12.6. The van der Waals surface area contributed by atoms with Gasteiger partial charge in [0.15, 0.2) is 0 Å². The highest BCUT2D eigenvalue weighted by molar-refractivity contribution is 7.85. The molecule has 5 aromatic rings. The molecule has 2 N–H and O–H groups in total. The number of aromatic nitrogens is 4. The van der Waals surface area contributed by atoms with Crippen LogP contribution in [0.3, 0.4) is 0 Å². The van der Waals surface area contributed by atoms with Crippen molar-refractivity contribution in [2.45, 2.75) is 24.6 Å². The first kappa shape index (κ1) is 27.0. The Kier molecular flexibility index (Phi) is 7.40. The zero-order valence-corrected chi connectivity index (χ0v) is 21.1. The molecule has 2 aromatic carbocycles. The fraction of sp³-hybridized carbons (Fsp3) is 0.154. The Morgan fingerprint density at radius 2 is 1.53 bits per heavy atom. The van der Waals surface area contributed by atoms with Crippen molar-refractivity contribution in [3.05, 3.63) is 95.9 Å². The largest absolute Gasteiger partial charge is 0.433 e. The molecule has 0 saturated heterocycles. The van der Waals surface area contributed by atoms with Gasteiger partial charge in [0.25, 0.3) is 10.1 Å². The number of pyridine rings is 1. The monoisotopic (exact) mass is 544 g/mol. The van der Waals surface area contributed by atoms with Crippen LogP contribution >= 0.6 is 0 Å². The van der Waals surface area contributed by atoms with Gasteiger partial charge >= 0.3 is 6.18 Å². The van der Waals surface area contributed by atoms with Gasteiger partial charge in [0.05, 0.1) is 22.9 Å². The average molecular weight is 545 g/mol. The van der Waals surface area contributed by atoms with E-state index < -0.39 is 22.0 Å². The van der Waals surface area contributed by atoms with Crippen molar-refractivity contribution in [3.8, 4) is 22.5 Å². The smallest absolute Gasteiger partial charge is 0.392 e. The summed E-state index contributed by atoms with van der Waals surface area (Å²) < 4.78 is 71.0. The first-order chi connectivity index (χ1) is 17.8. The van der Waals surface area contributed by atoms with Crippen molar-refractivity contribution >= 4 is 15.8 Å². The van der Waals surface area contributed by atoms with Crippen LogP contribution in [0, 0.1) is 6.92 Å². The maximum Gasteiger partial charge on any atom is 0.433 e. The molecule has 198 valence electrons. The minimum atomic E-state index is -4.44. The molecular weight excluding hydrogens is 521 g/mol. The number of nitrogens with zero attached hydrogens (tertiary/aromatic N) is 4. The predicted molar refractivity (Wildman–Crippen MR) is 135 cm³/mol. The van der Waals surface area contributed by atoms with Gasteiger partial charge in [-0.1, -0.05) is 42.0 Å². The molecule has 0 fully saturated rings. The number of halogens is 3. The van der Waals surface area contributed by atoms with E-state index in [0.717, 1.165) is 33.1 Å². The van der Waals surface area contributed by atoms with Crippen LogP contribution in [0.1, 0.15) is 16.8 Å². The second-order valence-electron chi connectivity index (χ2n) is 8.49. The molecule has 12 heteroatoms. The first-order valence-electron chi connectivity index (χ1n) is 11.2. The lowest BCUT2D eigenvalue weighted by Gasteiger charge is -2.04. The number of rotatable bonds is 4. The quantitative estimate of drug-likeness (QED) is 0.303. The highest BCUT2D eigenvalue weighted by Crippen LogP contribution is 2.32. The van der Waals surface area contributed by atoms with Gasteiger partial charge in [-0.25, -0.2) is 4.98 Å². The Bertz CT molecular complexity index is 1670. The third kappa shape index (κ3) is 6.10. The summed E-state index contributed by atoms with van der Waals surface area (Å²) in [7, 11) is -2.74. The number of benzene rings is 2. The molecule has 0 bridgehead atoms. The zero-order chi connectivity index (χ0) is 27.7. The van der Waals surface area contributed by atoms with Crippen molar-refractivity contribution in [2.75, 3.05) is 0 Å². The summed E-state index contributed by atoms with van der Waals surface area (Å²) in [6, 6.07) is 17.7. The summed E-state index contributed by atoms with van der Waals surface area (Å²) in [5.74, 6) is 0. The molecule has 3 aromatic heterocycles. The highest BCUT2D eigenvalue weighted by Gasteiger charge is 2.35. The minimum absolute atomic E-state index is 0.0582. The number of alkyl halides is 3. The summed E-state index contributed by atoms with van der Waals surface area (Å²) >= 11 is 0. The Morgan fingerprint density at radius 3 is 2.05 bits per heavy atom. The van der Waals surface area contributed by atoms with Gasteiger partial charge in [0.1, 0.15) is 11.3 Å². The third-order valence-corrected chi connectivity index (χ3v) is 6.54. The van der Waals surface area contributed by atoms with E-state index in [1.165, 1.54) is 19.2 Å². The van der Waals surface area contributed by atoms with E-state index in [1.807, 2.05) is 23.7 Å². The van der Waals surface area contributed by atoms with Crippen molar-refractivity contribution in [2.24, 2.45) is 7.05 Å². The van der Waals surface area contributed by atoms with Gasteiger partial charge in [-0.2, -0.15) is 26.7 Å². The van der Waals surface area contributed by atoms with E-state index in [9.17, 15) is 26.7 Å². The van der Waals surface area contributed by atoms with Crippen LogP contribution in [0.15, 0.2) is 84.0 Å². The van der Waals surface area contributed by atoms with Crippen LogP contribution in [-0.2, 0) is 29.9 Å². The van der Waals surface area contributed by atoms with E-state index in [2.05, 4.69) is 10.1 Å². The summed E-state index contributed by atoms with van der Waals surface area (Å²) in [5, 5.41) is 13.2. The van der Waals surface area contributed by atoms with Crippen molar-refractivity contribution < 1.29 is 31.2 Å². The predicted octanol–water partition coefficient (Wildman–Crippen LogP) is 5.15. The van der Waals surface area contributed by atoms with Gasteiger partial charge < -0.3 is 9.51 Å². The average Bonchev–Trinajstić information content (AvgIpc) is 3.47. The molecule has 3 heterocycles. The number of imidazole rings is 1. The lowest BCUT2D eigenvalue weighted by Crippen LogP contribution is -2.11. The molecule has 38 heavy (non-hydrogen) atoms. The lowest BCUT2D eigenvalue weighted by atomic mass is 10.1. The van der Waals surface area contributed by atoms with E-state index >= 15 is 0 Å². The third-order valence-electron chi connectivity index (χ3n) is 5.67. The van der Waals surface area contributed by atoms with Crippen LogP contribution < -0.4 is 0 Å². The Hall–Kier alpha value is -4.00. The van der Waals surface area contributed by atoms with Crippen LogP contribution in [0.2, 0.25) is 0 Å². The zero-order valence-electron chi connectivity index (χ0n) is 20.3. The molecule has 0 saturated carbocycles. The number of fused-ring (bicyclic) bond motifs is 1. The van der Waals surface area contributed by atoms with Crippen LogP contribution in [0.25, 0.3) is 28.2 Å². The van der Waals surface area contributed by atoms with Gasteiger partial charge in [-0.05, 0) is 42.8 Å². The summed E-state index contributed by atoms with van der Waals surface area (Å²) in [6.07, 6.45) is -0.768. The molecule has 8 nitrogen and oxygen atoms in total. The molecule has 0 radical (unpaired) electrons. The lowest BCUT2D eigenvalue weighted by molar-refractivity contribution is -0.143. The SMILES string of the molecule is Cc1ccc(S(=O)(=O)O)cc1.Cn1nc(-c2ccc(-c3cn4ccc(CO)cc4n3)cc2)cc1C(F)(F)F. The molecule has 0 unspecified atom stereocenters. The Labute approximate surface area is 216 Å². The molecular formula is C26H23F3N4O4S. The summed E-state index contributed by atoms with van der Waals surface area (Å²) in [6.45, 7) is 1.78. The molecule has 0 amide bonds. The number of aliphatic hydroxyl groups is 1. The van der Waals surface area contributed by atoms with Crippen molar-refractivity contribution in [1.29, 1.82) is 0 Å². The van der Waals surface area contributed by atoms with E-state index in [-0.39, 0.29) is 17.2 Å². The number of hydrogen-bond acceptors (Lipinski definition) is 5. The van der Waals surface area contributed by atoms with Gasteiger partial charge in [-0.15, -0.1) is 0 Å². The van der Waals surface area contributed by atoms with Crippen LogP contribution in [0.4, 0.5) is 13.2 Å². The summed E-state index contributed by atoms with van der Waals surface area (Å²) in [5.41, 5.74) is 4.06. The number of aryl methyl sites for hydroxylation is 2. The van der Waals surface area contributed by atoms with Gasteiger partial charge in [0, 0.05) is 30.6 Å². The summed E-state index contributed by atoms with van der Waals surface area (Å²) in [4.78, 5) is 4.46. The fourth-order valence-electron chi connectivity index (χ4n) is 3.66. The van der Waals surface area contributed by atoms with E-state index in [1.54, 1.807) is 48.5 Å². The Morgan fingerprint density at radius 1 is 0.921 bits per heavy atom. The maximum absolute atomic E-state index is 12.9. The van der Waals surface area contributed by atoms with Crippen LogP contribution in [0.5, 0.6) is 0 Å². The molecule has 0 aliphatic rings. The Balaban J connectivity index is 0.000000257. The maximum atomic E-state index is 12.9. The normalized spacial score (nSPS) is 11.9. The van der Waals surface area contributed by atoms with E-state index in [0.29, 0.717) is 11.2 Å². The topological polar surface area (TPSA) is 110 Å². The highest BCUT2D eigenvalue weighted by atomic mass is 32.2. The van der Waals surface area contributed by atoms with Crippen molar-refractivity contribution in [1.82, 2.24) is 19.2 Å². The number of hydrogen-bond donors (Lipinski definition) is 2. The number of aliphatic hydroxyl groups excluding tert-OH is 1. The second kappa shape index (κ2) is 10.4. The molecule has 0 atom stereocenters. The molecule has 0 aliphatic carbocycles. The molecule has 5 rings (SSSR count). The standard InChI is InChI=1S/C19H15F3N4O.C7H8O3S/c1-25-17(19(20,21)22)9-15(24-25)13-2-4-14(5-3-13)16-10-26-7-6-12(11-27)8-18(26)23-16;1-6-2-4-7(5-3-6)11(8,9)10/h2-10,27H,11H2,1H3;2-5H,1H3,(H,8,9,10). The van der Waals surface area contributed by atoms with Gasteiger partial charge in [0.2, 0.25) is 0 Å². The van der Waals surface area contributed by atoms with Crippen molar-refractivity contribution in [3.63, 3.8) is 0 Å². The second-order valence-corrected chi connectivity index (χ2v) is 9.91.